The molecule has 0 saturated carbocycles. The van der Waals surface area contributed by atoms with Crippen LogP contribution in [0.2, 0.25) is 5.02 Å². The normalized spacial score (nSPS) is 16.8. The number of hydrogen-bond donors (Lipinski definition) is 2. The van der Waals surface area contributed by atoms with E-state index in [9.17, 15) is 14.9 Å². The summed E-state index contributed by atoms with van der Waals surface area (Å²) in [5, 5.41) is 13.3. The first-order valence-corrected chi connectivity index (χ1v) is 12.3. The van der Waals surface area contributed by atoms with Crippen LogP contribution in [0.5, 0.6) is 0 Å². The minimum atomic E-state index is -0.639. The van der Waals surface area contributed by atoms with Crippen LogP contribution in [0.15, 0.2) is 29.3 Å². The number of nitrogens with zero attached hydrogens (tertiary/aromatic N) is 6. The highest BCUT2D eigenvalue weighted by atomic mass is 35.5. The molecule has 1 fully saturated rings. The van der Waals surface area contributed by atoms with Gasteiger partial charge < -0.3 is 20.7 Å². The molecule has 12 heteroatoms. The lowest BCUT2D eigenvalue weighted by atomic mass is 10.0. The molecule has 1 unspecified atom stereocenters. The lowest BCUT2D eigenvalue weighted by Gasteiger charge is -2.36. The van der Waals surface area contributed by atoms with Crippen LogP contribution in [0.25, 0.3) is 10.9 Å². The third kappa shape index (κ3) is 5.44. The van der Waals surface area contributed by atoms with Crippen molar-refractivity contribution in [3.8, 4) is 6.07 Å². The Kier molecular flexibility index (Phi) is 7.23. The summed E-state index contributed by atoms with van der Waals surface area (Å²) >= 11 is 6.42. The smallest absolute Gasteiger partial charge is 0.410 e. The van der Waals surface area contributed by atoms with Gasteiger partial charge in [-0.2, -0.15) is 5.26 Å². The number of ether oxygens (including phenoxy) is 1. The second kappa shape index (κ2) is 10.2. The SMILES string of the molecule is C[C@H](Nc1ncnc(N)c1C#N)c1nc2cccc(Cl)c2c(=O)n1C1CCCN(C(=O)OC(C)(C)C)C1. The molecule has 0 spiro atoms. The van der Waals surface area contributed by atoms with Crippen molar-refractivity contribution in [2.45, 2.75) is 58.2 Å². The molecule has 3 heterocycles. The van der Waals surface area contributed by atoms with E-state index in [4.69, 9.17) is 27.1 Å². The number of aromatic nitrogens is 4. The highest BCUT2D eigenvalue weighted by molar-refractivity contribution is 6.35. The molecular weight excluding hydrogens is 496 g/mol. The Bertz CT molecular complexity index is 1440. The fraction of sp³-hybridized carbons (Fsp3) is 0.440. The average Bonchev–Trinajstić information content (AvgIpc) is 2.83. The Morgan fingerprint density at radius 1 is 1.35 bits per heavy atom. The van der Waals surface area contributed by atoms with Crippen molar-refractivity contribution < 1.29 is 9.53 Å². The molecule has 37 heavy (non-hydrogen) atoms. The van der Waals surface area contributed by atoms with Crippen molar-refractivity contribution in [3.63, 3.8) is 0 Å². The van der Waals surface area contributed by atoms with Gasteiger partial charge in [-0.3, -0.25) is 9.36 Å². The third-order valence-corrected chi connectivity index (χ3v) is 6.36. The van der Waals surface area contributed by atoms with Crippen molar-refractivity contribution in [1.82, 2.24) is 24.4 Å². The Morgan fingerprint density at radius 3 is 2.81 bits per heavy atom. The number of anilines is 2. The Hall–Kier alpha value is -3.91. The number of fused-ring (bicyclic) bond motifs is 1. The van der Waals surface area contributed by atoms with E-state index >= 15 is 0 Å². The van der Waals surface area contributed by atoms with Crippen LogP contribution < -0.4 is 16.6 Å². The van der Waals surface area contributed by atoms with Crippen LogP contribution in [0.1, 0.15) is 64.0 Å². The highest BCUT2D eigenvalue weighted by Crippen LogP contribution is 2.29. The third-order valence-electron chi connectivity index (χ3n) is 6.05. The zero-order valence-electron chi connectivity index (χ0n) is 21.2. The topological polar surface area (TPSA) is 152 Å². The Labute approximate surface area is 219 Å². The molecule has 3 aromatic rings. The fourth-order valence-corrected chi connectivity index (χ4v) is 4.67. The number of nitrogen functional groups attached to an aromatic ring is 1. The molecule has 0 aliphatic carbocycles. The van der Waals surface area contributed by atoms with Crippen molar-refractivity contribution in [1.29, 1.82) is 5.26 Å². The van der Waals surface area contributed by atoms with E-state index in [-0.39, 0.29) is 35.3 Å². The van der Waals surface area contributed by atoms with Crippen LogP contribution in [0, 0.1) is 11.3 Å². The summed E-state index contributed by atoms with van der Waals surface area (Å²) in [4.78, 5) is 41.1. The van der Waals surface area contributed by atoms with Crippen LogP contribution in [0.3, 0.4) is 0 Å². The predicted octanol–water partition coefficient (Wildman–Crippen LogP) is 4.04. The molecule has 0 bridgehead atoms. The van der Waals surface area contributed by atoms with Crippen LogP contribution in [-0.2, 0) is 4.74 Å². The summed E-state index contributed by atoms with van der Waals surface area (Å²) in [6, 6.07) is 6.18. The van der Waals surface area contributed by atoms with Gasteiger partial charge in [-0.05, 0) is 52.7 Å². The van der Waals surface area contributed by atoms with Gasteiger partial charge in [0.25, 0.3) is 5.56 Å². The summed E-state index contributed by atoms with van der Waals surface area (Å²) in [5.41, 5.74) is 5.44. The Balaban J connectivity index is 1.79. The number of nitrogens with two attached hydrogens (primary N) is 1. The van der Waals surface area contributed by atoms with E-state index in [1.54, 1.807) is 27.7 Å². The molecular formula is C25H29ClN8O3. The summed E-state index contributed by atoms with van der Waals surface area (Å²) in [7, 11) is 0. The lowest BCUT2D eigenvalue weighted by Crippen LogP contribution is -2.46. The van der Waals surface area contributed by atoms with Gasteiger partial charge in [-0.25, -0.2) is 19.7 Å². The number of halogens is 1. The molecule has 2 aromatic heterocycles. The first-order valence-electron chi connectivity index (χ1n) is 12.0. The molecule has 1 aromatic carbocycles. The van der Waals surface area contributed by atoms with Gasteiger partial charge >= 0.3 is 6.09 Å². The molecule has 4 rings (SSSR count). The number of hydrogen-bond acceptors (Lipinski definition) is 9. The number of amides is 1. The van der Waals surface area contributed by atoms with Crippen LogP contribution >= 0.6 is 11.6 Å². The quantitative estimate of drug-likeness (QED) is 0.514. The minimum Gasteiger partial charge on any atom is -0.444 e. The van der Waals surface area contributed by atoms with Crippen LogP contribution in [0.4, 0.5) is 16.4 Å². The largest absolute Gasteiger partial charge is 0.444 e. The van der Waals surface area contributed by atoms with E-state index in [1.807, 2.05) is 33.8 Å². The molecule has 1 aliphatic heterocycles. The zero-order chi connectivity index (χ0) is 26.9. The van der Waals surface area contributed by atoms with Gasteiger partial charge in [0.2, 0.25) is 0 Å². The molecule has 2 atom stereocenters. The van der Waals surface area contributed by atoms with Gasteiger partial charge in [0.1, 0.15) is 41.0 Å². The molecule has 0 radical (unpaired) electrons. The van der Waals surface area contributed by atoms with Gasteiger partial charge in [-0.1, -0.05) is 17.7 Å². The molecule has 11 nitrogen and oxygen atoms in total. The average molecular weight is 525 g/mol. The van der Waals surface area contributed by atoms with Crippen molar-refractivity contribution in [2.75, 3.05) is 24.1 Å². The lowest BCUT2D eigenvalue weighted by molar-refractivity contribution is 0.0169. The van der Waals surface area contributed by atoms with Gasteiger partial charge in [-0.15, -0.1) is 0 Å². The number of nitrogens with one attached hydrogen (secondary N) is 1. The van der Waals surface area contributed by atoms with Gasteiger partial charge in [0, 0.05) is 13.1 Å². The van der Waals surface area contributed by atoms with Crippen LogP contribution in [-0.4, -0.2) is 49.2 Å². The highest BCUT2D eigenvalue weighted by Gasteiger charge is 2.32. The van der Waals surface area contributed by atoms with Gasteiger partial charge in [0.15, 0.2) is 0 Å². The van der Waals surface area contributed by atoms with E-state index in [2.05, 4.69) is 15.3 Å². The Morgan fingerprint density at radius 2 is 2.11 bits per heavy atom. The van der Waals surface area contributed by atoms with E-state index in [0.717, 1.165) is 0 Å². The second-order valence-electron chi connectivity index (χ2n) is 9.96. The second-order valence-corrected chi connectivity index (χ2v) is 10.4. The molecule has 194 valence electrons. The number of carbonyl (C=O) groups is 1. The number of carbonyl (C=O) groups excluding carboxylic acids is 1. The molecule has 1 saturated heterocycles. The number of benzene rings is 1. The summed E-state index contributed by atoms with van der Waals surface area (Å²) in [6.45, 7) is 8.04. The predicted molar refractivity (Wildman–Crippen MR) is 140 cm³/mol. The first-order chi connectivity index (χ1) is 17.5. The number of nitriles is 1. The van der Waals surface area contributed by atoms with E-state index < -0.39 is 17.7 Å². The van der Waals surface area contributed by atoms with Crippen molar-refractivity contribution >= 4 is 40.2 Å². The standard InChI is InChI=1S/C25H29ClN8O3/c1-14(31-21-16(11-27)20(28)29-13-30-21)22-32-18-9-5-8-17(26)19(18)23(35)34(22)15-7-6-10-33(12-15)24(36)37-25(2,3)4/h5,8-9,13-15H,6-7,10,12H2,1-4H3,(H3,28,29,30,31)/t14-,15?/m0/s1. The maximum atomic E-state index is 13.9. The zero-order valence-corrected chi connectivity index (χ0v) is 21.9. The monoisotopic (exact) mass is 524 g/mol. The number of rotatable bonds is 4. The van der Waals surface area contributed by atoms with Crippen molar-refractivity contribution in [2.24, 2.45) is 0 Å². The molecule has 1 amide bonds. The maximum absolute atomic E-state index is 13.9. The molecule has 3 N–H and O–H groups in total. The van der Waals surface area contributed by atoms with E-state index in [1.165, 1.54) is 6.33 Å². The number of likely N-dealkylation sites (tertiary alicyclic amines) is 1. The summed E-state index contributed by atoms with van der Waals surface area (Å²) in [5.74, 6) is 0.688. The summed E-state index contributed by atoms with van der Waals surface area (Å²) in [6.07, 6.45) is 2.16. The van der Waals surface area contributed by atoms with Crippen molar-refractivity contribution in [3.05, 3.63) is 51.3 Å². The first kappa shape index (κ1) is 26.2. The number of piperidine rings is 1. The van der Waals surface area contributed by atoms with Gasteiger partial charge in [0.05, 0.1) is 28.0 Å². The minimum absolute atomic E-state index is 0.0446. The summed E-state index contributed by atoms with van der Waals surface area (Å²) < 4.78 is 7.16. The molecule has 1 aliphatic rings. The fourth-order valence-electron chi connectivity index (χ4n) is 4.42. The van der Waals surface area contributed by atoms with E-state index in [0.29, 0.717) is 41.1 Å². The maximum Gasteiger partial charge on any atom is 0.410 e.